The average Bonchev–Trinajstić information content (AvgIpc) is 2.35. The third kappa shape index (κ3) is 3.77. The molecular weight excluding hydrogens is 270 g/mol. The zero-order valence-electron chi connectivity index (χ0n) is 13.1. The van der Waals surface area contributed by atoms with Crippen LogP contribution >= 0.6 is 0 Å². The van der Waals surface area contributed by atoms with Gasteiger partial charge in [0.1, 0.15) is 0 Å². The maximum Gasteiger partial charge on any atom is 0.261 e. The summed E-state index contributed by atoms with van der Waals surface area (Å²) < 4.78 is 5.96. The number of amides is 1. The number of hydrogen-bond acceptors (Lipinski definition) is 3. The smallest absolute Gasteiger partial charge is 0.261 e. The van der Waals surface area contributed by atoms with E-state index in [9.17, 15) is 9.59 Å². The molecule has 0 aliphatic carbocycles. The fourth-order valence-corrected chi connectivity index (χ4v) is 3.50. The molecule has 1 rings (SSSR count). The van der Waals surface area contributed by atoms with Crippen LogP contribution in [-0.4, -0.2) is 44.6 Å². The summed E-state index contributed by atoms with van der Waals surface area (Å²) in [5, 5.41) is 0. The molecule has 0 N–H and O–H groups in total. The van der Waals surface area contributed by atoms with E-state index in [4.69, 9.17) is 4.43 Å². The number of carbonyl (C=O) groups is 2. The van der Waals surface area contributed by atoms with E-state index in [1.54, 1.807) is 45.3 Å². The topological polar surface area (TPSA) is 46.6 Å². The summed E-state index contributed by atoms with van der Waals surface area (Å²) in [5.41, 5.74) is -0.974. The van der Waals surface area contributed by atoms with Crippen molar-refractivity contribution in [1.29, 1.82) is 0 Å². The number of hydrogen-bond donors (Lipinski definition) is 0. The Morgan fingerprint density at radius 2 is 1.60 bits per heavy atom. The van der Waals surface area contributed by atoms with Crippen molar-refractivity contribution < 1.29 is 14.0 Å². The predicted octanol–water partition coefficient (Wildman–Crippen LogP) is 2.57. The van der Waals surface area contributed by atoms with Gasteiger partial charge in [0.05, 0.1) is 0 Å². The summed E-state index contributed by atoms with van der Waals surface area (Å²) in [4.78, 5) is 26.6. The summed E-state index contributed by atoms with van der Waals surface area (Å²) in [6, 6.07) is 8.81. The van der Waals surface area contributed by atoms with Gasteiger partial charge in [0.15, 0.2) is 13.9 Å². The molecule has 0 aliphatic heterocycles. The number of rotatable bonds is 5. The standard InChI is InChI=1S/C15H23NO3Si/c1-15(14(18)16(2)3,19-20(4,5)6)13(17)12-10-8-7-9-11-12/h7-11H,1-6H3. The summed E-state index contributed by atoms with van der Waals surface area (Å²) >= 11 is 0. The Labute approximate surface area is 121 Å². The molecule has 110 valence electrons. The highest BCUT2D eigenvalue weighted by Gasteiger charge is 2.46. The van der Waals surface area contributed by atoms with Crippen LogP contribution in [0.3, 0.4) is 0 Å². The molecule has 0 spiro atoms. The quantitative estimate of drug-likeness (QED) is 0.476. The van der Waals surface area contributed by atoms with Gasteiger partial charge in [-0.15, -0.1) is 0 Å². The van der Waals surface area contributed by atoms with Gasteiger partial charge < -0.3 is 9.33 Å². The Morgan fingerprint density at radius 1 is 1.10 bits per heavy atom. The Morgan fingerprint density at radius 3 is 2.00 bits per heavy atom. The first-order valence-electron chi connectivity index (χ1n) is 6.60. The van der Waals surface area contributed by atoms with Crippen molar-refractivity contribution in [2.45, 2.75) is 32.2 Å². The number of nitrogens with zero attached hydrogens (tertiary/aromatic N) is 1. The highest BCUT2D eigenvalue weighted by Crippen LogP contribution is 2.24. The lowest BCUT2D eigenvalue weighted by Gasteiger charge is -2.35. The van der Waals surface area contributed by atoms with Crippen LogP contribution < -0.4 is 0 Å². The van der Waals surface area contributed by atoms with Crippen LogP contribution in [0.1, 0.15) is 17.3 Å². The molecular formula is C15H23NO3Si. The number of likely N-dealkylation sites (N-methyl/N-ethyl adjacent to an activating group) is 1. The lowest BCUT2D eigenvalue weighted by molar-refractivity contribution is -0.140. The second-order valence-corrected chi connectivity index (χ2v) is 10.6. The third-order valence-corrected chi connectivity index (χ3v) is 3.81. The predicted molar refractivity (Wildman–Crippen MR) is 82.3 cm³/mol. The Bertz CT molecular complexity index is 494. The molecule has 1 aromatic carbocycles. The van der Waals surface area contributed by atoms with Crippen molar-refractivity contribution in [2.24, 2.45) is 0 Å². The van der Waals surface area contributed by atoms with Gasteiger partial charge in [0.25, 0.3) is 5.91 Å². The summed E-state index contributed by atoms with van der Waals surface area (Å²) in [6.45, 7) is 7.47. The van der Waals surface area contributed by atoms with E-state index in [1.165, 1.54) is 4.90 Å². The first-order valence-corrected chi connectivity index (χ1v) is 10.0. The van der Waals surface area contributed by atoms with E-state index in [2.05, 4.69) is 0 Å². The Kier molecular flexibility index (Phi) is 4.89. The Hall–Kier alpha value is -1.46. The van der Waals surface area contributed by atoms with Gasteiger partial charge in [-0.2, -0.15) is 0 Å². The molecule has 0 radical (unpaired) electrons. The minimum absolute atomic E-state index is 0.292. The van der Waals surface area contributed by atoms with E-state index in [0.717, 1.165) is 0 Å². The maximum absolute atomic E-state index is 12.7. The molecule has 1 aromatic rings. The van der Waals surface area contributed by atoms with E-state index in [1.807, 2.05) is 25.7 Å². The van der Waals surface area contributed by atoms with Crippen molar-refractivity contribution in [3.05, 3.63) is 35.9 Å². The van der Waals surface area contributed by atoms with Crippen molar-refractivity contribution >= 4 is 20.0 Å². The summed E-state index contributed by atoms with van der Waals surface area (Å²) in [7, 11) is 1.20. The van der Waals surface area contributed by atoms with Crippen LogP contribution in [0.2, 0.25) is 19.6 Å². The fourth-order valence-electron chi connectivity index (χ4n) is 2.09. The molecule has 0 aliphatic rings. The highest BCUT2D eigenvalue weighted by molar-refractivity contribution is 6.70. The molecule has 0 saturated heterocycles. The van der Waals surface area contributed by atoms with Gasteiger partial charge in [-0.25, -0.2) is 0 Å². The monoisotopic (exact) mass is 293 g/mol. The highest BCUT2D eigenvalue weighted by atomic mass is 28.4. The number of benzene rings is 1. The molecule has 1 atom stereocenters. The molecule has 1 amide bonds. The molecule has 5 heteroatoms. The van der Waals surface area contributed by atoms with Gasteiger partial charge in [0.2, 0.25) is 5.78 Å². The van der Waals surface area contributed by atoms with E-state index in [-0.39, 0.29) is 11.7 Å². The van der Waals surface area contributed by atoms with E-state index in [0.29, 0.717) is 5.56 Å². The molecule has 1 unspecified atom stereocenters. The van der Waals surface area contributed by atoms with Gasteiger partial charge in [-0.05, 0) is 26.6 Å². The zero-order chi connectivity index (χ0) is 15.6. The first-order chi connectivity index (χ1) is 9.08. The van der Waals surface area contributed by atoms with Gasteiger partial charge in [0, 0.05) is 19.7 Å². The minimum Gasteiger partial charge on any atom is -0.398 e. The molecule has 20 heavy (non-hydrogen) atoms. The molecule has 4 nitrogen and oxygen atoms in total. The van der Waals surface area contributed by atoms with Crippen LogP contribution in [0.4, 0.5) is 0 Å². The molecule has 0 aromatic heterocycles. The average molecular weight is 293 g/mol. The maximum atomic E-state index is 12.7. The summed E-state index contributed by atoms with van der Waals surface area (Å²) in [6.07, 6.45) is 0. The van der Waals surface area contributed by atoms with Crippen molar-refractivity contribution in [3.8, 4) is 0 Å². The normalized spacial score (nSPS) is 14.5. The fraction of sp³-hybridized carbons (Fsp3) is 0.467. The largest absolute Gasteiger partial charge is 0.398 e. The van der Waals surface area contributed by atoms with Gasteiger partial charge in [-0.3, -0.25) is 9.59 Å². The second-order valence-electron chi connectivity index (χ2n) is 6.14. The summed E-state index contributed by atoms with van der Waals surface area (Å²) in [5.74, 6) is -0.618. The second kappa shape index (κ2) is 5.89. The van der Waals surface area contributed by atoms with Crippen LogP contribution in [-0.2, 0) is 9.22 Å². The van der Waals surface area contributed by atoms with Gasteiger partial charge in [-0.1, -0.05) is 30.3 Å². The molecule has 0 bridgehead atoms. The van der Waals surface area contributed by atoms with Gasteiger partial charge >= 0.3 is 0 Å². The number of ketones is 1. The van der Waals surface area contributed by atoms with E-state index < -0.39 is 13.9 Å². The zero-order valence-corrected chi connectivity index (χ0v) is 14.1. The minimum atomic E-state index is -2.07. The van der Waals surface area contributed by atoms with Crippen LogP contribution in [0.5, 0.6) is 0 Å². The van der Waals surface area contributed by atoms with Crippen molar-refractivity contribution in [3.63, 3.8) is 0 Å². The lowest BCUT2D eigenvalue weighted by atomic mass is 9.93. The lowest BCUT2D eigenvalue weighted by Crippen LogP contribution is -2.56. The molecule has 0 heterocycles. The molecule has 0 saturated carbocycles. The van der Waals surface area contributed by atoms with Crippen molar-refractivity contribution in [1.82, 2.24) is 4.90 Å². The third-order valence-electron chi connectivity index (χ3n) is 2.79. The number of carbonyl (C=O) groups excluding carboxylic acids is 2. The van der Waals surface area contributed by atoms with Crippen LogP contribution in [0.15, 0.2) is 30.3 Å². The first kappa shape index (κ1) is 16.6. The van der Waals surface area contributed by atoms with Crippen LogP contribution in [0.25, 0.3) is 0 Å². The Balaban J connectivity index is 3.24. The SMILES string of the molecule is CN(C)C(=O)C(C)(O[Si](C)(C)C)C(=O)c1ccccc1. The van der Waals surface area contributed by atoms with Crippen molar-refractivity contribution in [2.75, 3.05) is 14.1 Å². The van der Waals surface area contributed by atoms with E-state index >= 15 is 0 Å². The molecule has 0 fully saturated rings. The van der Waals surface area contributed by atoms with Crippen LogP contribution in [0, 0.1) is 0 Å². The number of Topliss-reactive ketones (excluding diaryl/α,β-unsaturated/α-hetero) is 1.